The molecule has 0 bridgehead atoms. The molecule has 140 valence electrons. The molecule has 0 aromatic heterocycles. The number of amides is 1. The highest BCUT2D eigenvalue weighted by molar-refractivity contribution is 7.92. The van der Waals surface area contributed by atoms with Crippen LogP contribution in [0.15, 0.2) is 48.5 Å². The van der Waals surface area contributed by atoms with Gasteiger partial charge in [0.05, 0.1) is 11.8 Å². The maximum atomic E-state index is 12.3. The largest absolute Gasteiger partial charge is 0.491 e. The minimum Gasteiger partial charge on any atom is -0.491 e. The molecule has 0 unspecified atom stereocenters. The van der Waals surface area contributed by atoms with Crippen molar-refractivity contribution in [1.82, 2.24) is 5.32 Å². The zero-order valence-corrected chi connectivity index (χ0v) is 16.0. The van der Waals surface area contributed by atoms with E-state index in [9.17, 15) is 13.2 Å². The number of rotatable bonds is 8. The van der Waals surface area contributed by atoms with E-state index in [4.69, 9.17) is 4.74 Å². The Hall–Kier alpha value is -2.54. The van der Waals surface area contributed by atoms with E-state index in [1.165, 1.54) is 0 Å². The van der Waals surface area contributed by atoms with Gasteiger partial charge in [-0.1, -0.05) is 17.7 Å². The minimum absolute atomic E-state index is 0.00622. The van der Waals surface area contributed by atoms with Crippen LogP contribution >= 0.6 is 0 Å². The first-order valence-corrected chi connectivity index (χ1v) is 10.0. The number of anilines is 1. The Labute approximate surface area is 154 Å². The van der Waals surface area contributed by atoms with Gasteiger partial charge in [-0.3, -0.25) is 9.52 Å². The second-order valence-electron chi connectivity index (χ2n) is 6.08. The van der Waals surface area contributed by atoms with E-state index in [0.29, 0.717) is 17.9 Å². The Balaban J connectivity index is 1.87. The normalized spacial score (nSPS) is 12.3. The van der Waals surface area contributed by atoms with E-state index in [1.807, 2.05) is 38.1 Å². The first-order chi connectivity index (χ1) is 12.3. The standard InChI is InChI=1S/C19H24N2O4S/c1-4-26(23,24)21-17-9-7-16(8-10-17)19(22)20-15(3)13-25-18-11-5-14(2)6-12-18/h5-12,15,21H,4,13H2,1-3H3,(H,20,22)/t15-/m0/s1. The minimum atomic E-state index is -3.33. The Morgan fingerprint density at radius 1 is 1.08 bits per heavy atom. The third-order valence-corrected chi connectivity index (χ3v) is 5.01. The summed E-state index contributed by atoms with van der Waals surface area (Å²) in [7, 11) is -3.33. The first-order valence-electron chi connectivity index (χ1n) is 8.40. The first kappa shape index (κ1) is 19.8. The van der Waals surface area contributed by atoms with Gasteiger partial charge in [0.2, 0.25) is 10.0 Å². The van der Waals surface area contributed by atoms with E-state index in [0.717, 1.165) is 11.3 Å². The Morgan fingerprint density at radius 3 is 2.27 bits per heavy atom. The number of sulfonamides is 1. The average molecular weight is 376 g/mol. The van der Waals surface area contributed by atoms with Gasteiger partial charge in [-0.15, -0.1) is 0 Å². The summed E-state index contributed by atoms with van der Waals surface area (Å²) in [5.41, 5.74) is 2.04. The van der Waals surface area contributed by atoms with Gasteiger partial charge in [0.15, 0.2) is 0 Å². The molecule has 0 radical (unpaired) electrons. The third-order valence-electron chi connectivity index (χ3n) is 3.70. The molecule has 1 amide bonds. The monoisotopic (exact) mass is 376 g/mol. The molecule has 0 fully saturated rings. The fourth-order valence-corrected chi connectivity index (χ4v) is 2.79. The molecule has 0 spiro atoms. The van der Waals surface area contributed by atoms with Gasteiger partial charge >= 0.3 is 0 Å². The second-order valence-corrected chi connectivity index (χ2v) is 8.09. The lowest BCUT2D eigenvalue weighted by atomic mass is 10.2. The zero-order chi connectivity index (χ0) is 19.2. The van der Waals surface area contributed by atoms with Crippen molar-refractivity contribution in [1.29, 1.82) is 0 Å². The maximum Gasteiger partial charge on any atom is 0.251 e. The fourth-order valence-electron chi connectivity index (χ4n) is 2.15. The van der Waals surface area contributed by atoms with Crippen LogP contribution in [0.5, 0.6) is 5.75 Å². The maximum absolute atomic E-state index is 12.3. The lowest BCUT2D eigenvalue weighted by Gasteiger charge is -2.15. The summed E-state index contributed by atoms with van der Waals surface area (Å²) in [5, 5.41) is 2.85. The van der Waals surface area contributed by atoms with Crippen LogP contribution in [0.3, 0.4) is 0 Å². The summed E-state index contributed by atoms with van der Waals surface area (Å²) in [6, 6.07) is 13.8. The molecule has 0 aliphatic heterocycles. The Kier molecular flexibility index (Phi) is 6.63. The van der Waals surface area contributed by atoms with Crippen LogP contribution < -0.4 is 14.8 Å². The summed E-state index contributed by atoms with van der Waals surface area (Å²) in [6.45, 7) is 5.77. The quantitative estimate of drug-likeness (QED) is 0.742. The van der Waals surface area contributed by atoms with Gasteiger partial charge < -0.3 is 10.1 Å². The molecule has 2 rings (SSSR count). The van der Waals surface area contributed by atoms with Crippen LogP contribution in [0, 0.1) is 6.92 Å². The van der Waals surface area contributed by atoms with E-state index in [-0.39, 0.29) is 17.7 Å². The average Bonchev–Trinajstić information content (AvgIpc) is 2.61. The number of hydrogen-bond donors (Lipinski definition) is 2. The number of carbonyl (C=O) groups is 1. The third kappa shape index (κ3) is 6.07. The number of ether oxygens (including phenoxy) is 1. The predicted octanol–water partition coefficient (Wildman–Crippen LogP) is 2.95. The molecule has 0 aliphatic carbocycles. The molecule has 2 aromatic rings. The predicted molar refractivity (Wildman–Crippen MR) is 103 cm³/mol. The molecule has 0 heterocycles. The summed E-state index contributed by atoms with van der Waals surface area (Å²) in [6.07, 6.45) is 0. The van der Waals surface area contributed by atoms with Crippen molar-refractivity contribution >= 4 is 21.6 Å². The lowest BCUT2D eigenvalue weighted by Crippen LogP contribution is -2.36. The molecular formula is C19H24N2O4S. The highest BCUT2D eigenvalue weighted by Crippen LogP contribution is 2.13. The highest BCUT2D eigenvalue weighted by atomic mass is 32.2. The molecule has 1 atom stereocenters. The zero-order valence-electron chi connectivity index (χ0n) is 15.2. The van der Waals surface area contributed by atoms with Crippen LogP contribution in [-0.2, 0) is 10.0 Å². The Morgan fingerprint density at radius 2 is 1.69 bits per heavy atom. The summed E-state index contributed by atoms with van der Waals surface area (Å²) >= 11 is 0. The van der Waals surface area contributed by atoms with E-state index < -0.39 is 10.0 Å². The van der Waals surface area contributed by atoms with Crippen molar-refractivity contribution in [2.75, 3.05) is 17.1 Å². The Bertz CT molecular complexity index is 831. The molecular weight excluding hydrogens is 352 g/mol. The number of aryl methyl sites for hydroxylation is 1. The summed E-state index contributed by atoms with van der Waals surface area (Å²) in [4.78, 5) is 12.3. The summed E-state index contributed by atoms with van der Waals surface area (Å²) in [5.74, 6) is 0.507. The van der Waals surface area contributed by atoms with Crippen molar-refractivity contribution in [3.8, 4) is 5.75 Å². The van der Waals surface area contributed by atoms with E-state index in [1.54, 1.807) is 31.2 Å². The molecule has 2 aromatic carbocycles. The van der Waals surface area contributed by atoms with Crippen LogP contribution in [0.4, 0.5) is 5.69 Å². The smallest absolute Gasteiger partial charge is 0.251 e. The number of nitrogens with one attached hydrogen (secondary N) is 2. The van der Waals surface area contributed by atoms with E-state index >= 15 is 0 Å². The second kappa shape index (κ2) is 8.71. The van der Waals surface area contributed by atoms with Gasteiger partial charge in [0.1, 0.15) is 12.4 Å². The van der Waals surface area contributed by atoms with Crippen molar-refractivity contribution in [2.24, 2.45) is 0 Å². The SMILES string of the molecule is CCS(=O)(=O)Nc1ccc(C(=O)N[C@@H](C)COc2ccc(C)cc2)cc1. The molecule has 26 heavy (non-hydrogen) atoms. The van der Waals surface area contributed by atoms with Crippen molar-refractivity contribution in [2.45, 2.75) is 26.8 Å². The lowest BCUT2D eigenvalue weighted by molar-refractivity contribution is 0.0926. The highest BCUT2D eigenvalue weighted by Gasteiger charge is 2.12. The molecule has 0 aliphatic rings. The fraction of sp³-hybridized carbons (Fsp3) is 0.316. The molecule has 0 saturated heterocycles. The summed E-state index contributed by atoms with van der Waals surface area (Å²) < 4.78 is 31.2. The number of carbonyl (C=O) groups excluding carboxylic acids is 1. The van der Waals surface area contributed by atoms with Gasteiger partial charge in [-0.2, -0.15) is 0 Å². The molecule has 6 nitrogen and oxygen atoms in total. The van der Waals surface area contributed by atoms with Crippen LogP contribution in [0.1, 0.15) is 29.8 Å². The van der Waals surface area contributed by atoms with Crippen molar-refractivity contribution < 1.29 is 17.9 Å². The number of hydrogen-bond acceptors (Lipinski definition) is 4. The van der Waals surface area contributed by atoms with Crippen LogP contribution in [0.2, 0.25) is 0 Å². The van der Waals surface area contributed by atoms with Gasteiger partial charge in [-0.25, -0.2) is 8.42 Å². The van der Waals surface area contributed by atoms with Gasteiger partial charge in [0, 0.05) is 11.3 Å². The van der Waals surface area contributed by atoms with Crippen molar-refractivity contribution in [3.05, 3.63) is 59.7 Å². The van der Waals surface area contributed by atoms with Crippen LogP contribution in [0.25, 0.3) is 0 Å². The van der Waals surface area contributed by atoms with Crippen molar-refractivity contribution in [3.63, 3.8) is 0 Å². The number of benzene rings is 2. The van der Waals surface area contributed by atoms with Crippen LogP contribution in [-0.4, -0.2) is 32.7 Å². The van der Waals surface area contributed by atoms with Gasteiger partial charge in [-0.05, 0) is 57.2 Å². The molecule has 0 saturated carbocycles. The van der Waals surface area contributed by atoms with E-state index in [2.05, 4.69) is 10.0 Å². The topological polar surface area (TPSA) is 84.5 Å². The molecule has 7 heteroatoms. The van der Waals surface area contributed by atoms with Gasteiger partial charge in [0.25, 0.3) is 5.91 Å². The molecule has 2 N–H and O–H groups in total.